The molecule has 1 unspecified atom stereocenters. The average molecular weight is 104 g/mol. The summed E-state index contributed by atoms with van der Waals surface area (Å²) in [4.78, 5) is 0. The summed E-state index contributed by atoms with van der Waals surface area (Å²) in [5.41, 5.74) is 1.52. The Morgan fingerprint density at radius 2 is 2.38 bits per heavy atom. The zero-order valence-corrected chi connectivity index (χ0v) is 4.67. The molecule has 0 radical (unpaired) electrons. The van der Waals surface area contributed by atoms with Crippen LogP contribution in [-0.4, -0.2) is 0 Å². The van der Waals surface area contributed by atoms with Crippen LogP contribution >= 0.6 is 0 Å². The molecule has 0 aliphatic heterocycles. The molecule has 40 valence electrons. The van der Waals surface area contributed by atoms with E-state index in [1.165, 1.54) is 12.0 Å². The highest BCUT2D eigenvalue weighted by atomic mass is 14.2. The van der Waals surface area contributed by atoms with E-state index in [-0.39, 0.29) is 0 Å². The first kappa shape index (κ1) is 4.13. The monoisotopic (exact) mass is 104 g/mol. The van der Waals surface area contributed by atoms with E-state index in [9.17, 15) is 0 Å². The molecule has 1 atom stereocenters. The Balaban J connectivity index is 2.22. The summed E-state index contributed by atoms with van der Waals surface area (Å²) in [6.07, 6.45) is 12.2. The molecule has 2 rings (SSSR count). The van der Waals surface area contributed by atoms with Crippen molar-refractivity contribution in [2.45, 2.75) is 6.42 Å². The Labute approximate surface area is 49.2 Å². The minimum atomic E-state index is 0.810. The van der Waals surface area contributed by atoms with Crippen molar-refractivity contribution in [2.24, 2.45) is 5.92 Å². The normalized spacial score (nSPS) is 31.0. The van der Waals surface area contributed by atoms with Gasteiger partial charge in [0.15, 0.2) is 0 Å². The summed E-state index contributed by atoms with van der Waals surface area (Å²) in [6.45, 7) is 0. The van der Waals surface area contributed by atoms with Crippen LogP contribution in [0.1, 0.15) is 6.42 Å². The average Bonchev–Trinajstić information content (AvgIpc) is 2.36. The van der Waals surface area contributed by atoms with Crippen LogP contribution < -0.4 is 0 Å². The molecule has 0 fully saturated rings. The van der Waals surface area contributed by atoms with Gasteiger partial charge in [0, 0.05) is 5.92 Å². The van der Waals surface area contributed by atoms with Gasteiger partial charge in [0.1, 0.15) is 0 Å². The minimum absolute atomic E-state index is 0.810. The van der Waals surface area contributed by atoms with Crippen LogP contribution in [0.25, 0.3) is 0 Å². The third-order valence-corrected chi connectivity index (χ3v) is 1.64. The summed E-state index contributed by atoms with van der Waals surface area (Å²) >= 11 is 0. The highest BCUT2D eigenvalue weighted by molar-refractivity contribution is 5.42. The van der Waals surface area contributed by atoms with Crippen molar-refractivity contribution >= 4 is 0 Å². The number of allylic oxidation sites excluding steroid dienone is 6. The molecular weight excluding hydrogens is 96.1 g/mol. The van der Waals surface area contributed by atoms with E-state index in [1.807, 2.05) is 0 Å². The Morgan fingerprint density at radius 3 is 3.38 bits per heavy atom. The van der Waals surface area contributed by atoms with Crippen LogP contribution in [0.4, 0.5) is 0 Å². The smallest absolute Gasteiger partial charge is 0.00556 e. The fourth-order valence-electron chi connectivity index (χ4n) is 1.04. The molecule has 0 saturated heterocycles. The molecule has 0 spiro atoms. The molecule has 0 amide bonds. The lowest BCUT2D eigenvalue weighted by atomic mass is 10.2. The molecule has 2 aliphatic carbocycles. The molecule has 0 nitrogen and oxygen atoms in total. The van der Waals surface area contributed by atoms with Crippen molar-refractivity contribution in [3.63, 3.8) is 0 Å². The topological polar surface area (TPSA) is 0 Å². The Hall–Kier alpha value is -0.780. The lowest BCUT2D eigenvalue weighted by Gasteiger charge is -1.83. The van der Waals surface area contributed by atoms with Crippen molar-refractivity contribution < 1.29 is 0 Å². The van der Waals surface area contributed by atoms with Gasteiger partial charge in [0.2, 0.25) is 0 Å². The lowest BCUT2D eigenvalue weighted by molar-refractivity contribution is 0.924. The summed E-state index contributed by atoms with van der Waals surface area (Å²) in [7, 11) is 0. The van der Waals surface area contributed by atoms with Crippen LogP contribution in [0, 0.1) is 5.92 Å². The maximum atomic E-state index is 2.31. The third-order valence-electron chi connectivity index (χ3n) is 1.64. The maximum Gasteiger partial charge on any atom is 0.00556 e. The first-order valence-corrected chi connectivity index (χ1v) is 3.02. The molecule has 0 N–H and O–H groups in total. The molecule has 0 aromatic carbocycles. The Morgan fingerprint density at radius 1 is 1.38 bits per heavy atom. The molecule has 0 saturated carbocycles. The van der Waals surface area contributed by atoms with Gasteiger partial charge in [-0.05, 0) is 12.0 Å². The van der Waals surface area contributed by atoms with Crippen molar-refractivity contribution in [3.8, 4) is 0 Å². The number of hydrogen-bond donors (Lipinski definition) is 0. The van der Waals surface area contributed by atoms with Crippen LogP contribution in [0.15, 0.2) is 36.0 Å². The SMILES string of the molecule is C1=CCC2C=C2C=C1. The van der Waals surface area contributed by atoms with Gasteiger partial charge < -0.3 is 0 Å². The zero-order chi connectivity index (χ0) is 5.40. The molecule has 0 heterocycles. The van der Waals surface area contributed by atoms with Gasteiger partial charge in [-0.25, -0.2) is 0 Å². The quantitative estimate of drug-likeness (QED) is 0.441. The van der Waals surface area contributed by atoms with Gasteiger partial charge in [0.25, 0.3) is 0 Å². The van der Waals surface area contributed by atoms with Crippen LogP contribution in [0.5, 0.6) is 0 Å². The van der Waals surface area contributed by atoms with Gasteiger partial charge in [-0.15, -0.1) is 0 Å². The standard InChI is InChI=1S/C8H8/c1-2-4-7-6-8(7)5-3-1/h1-4,6,8H,5H2. The first-order valence-electron chi connectivity index (χ1n) is 3.02. The number of hydrogen-bond acceptors (Lipinski definition) is 0. The first-order chi connectivity index (χ1) is 3.97. The van der Waals surface area contributed by atoms with E-state index in [1.54, 1.807) is 0 Å². The predicted molar refractivity (Wildman–Crippen MR) is 34.5 cm³/mol. The Kier molecular flexibility index (Phi) is 0.696. The summed E-state index contributed by atoms with van der Waals surface area (Å²) < 4.78 is 0. The Bertz CT molecular complexity index is 182. The van der Waals surface area contributed by atoms with E-state index in [0.29, 0.717) is 0 Å². The molecular formula is C8H8. The largest absolute Gasteiger partial charge is 0.0836 e. The van der Waals surface area contributed by atoms with Crippen molar-refractivity contribution in [3.05, 3.63) is 36.0 Å². The van der Waals surface area contributed by atoms with E-state index in [4.69, 9.17) is 0 Å². The fourth-order valence-corrected chi connectivity index (χ4v) is 1.04. The molecule has 0 aromatic rings. The summed E-state index contributed by atoms with van der Waals surface area (Å²) in [5, 5.41) is 0. The maximum absolute atomic E-state index is 2.31. The van der Waals surface area contributed by atoms with E-state index in [0.717, 1.165) is 5.92 Å². The van der Waals surface area contributed by atoms with Gasteiger partial charge in [-0.2, -0.15) is 0 Å². The highest BCUT2D eigenvalue weighted by Crippen LogP contribution is 2.34. The van der Waals surface area contributed by atoms with Gasteiger partial charge in [-0.3, -0.25) is 0 Å². The lowest BCUT2D eigenvalue weighted by Crippen LogP contribution is -1.71. The molecule has 0 aromatic heterocycles. The third kappa shape index (κ3) is 0.532. The molecule has 8 heavy (non-hydrogen) atoms. The fraction of sp³-hybridized carbons (Fsp3) is 0.250. The number of fused-ring (bicyclic) bond motifs is 1. The van der Waals surface area contributed by atoms with Crippen molar-refractivity contribution in [2.75, 3.05) is 0 Å². The van der Waals surface area contributed by atoms with Crippen LogP contribution in [0.3, 0.4) is 0 Å². The summed E-state index contributed by atoms with van der Waals surface area (Å²) in [6, 6.07) is 0. The van der Waals surface area contributed by atoms with E-state index >= 15 is 0 Å². The second-order valence-electron chi connectivity index (χ2n) is 2.30. The van der Waals surface area contributed by atoms with Crippen molar-refractivity contribution in [1.29, 1.82) is 0 Å². The van der Waals surface area contributed by atoms with Gasteiger partial charge in [0.05, 0.1) is 0 Å². The molecule has 0 bridgehead atoms. The second kappa shape index (κ2) is 1.35. The van der Waals surface area contributed by atoms with Crippen molar-refractivity contribution in [1.82, 2.24) is 0 Å². The van der Waals surface area contributed by atoms with Crippen LogP contribution in [0.2, 0.25) is 0 Å². The number of rotatable bonds is 0. The predicted octanol–water partition coefficient (Wildman–Crippen LogP) is 2.06. The second-order valence-corrected chi connectivity index (χ2v) is 2.30. The molecule has 2 aliphatic rings. The molecule has 0 heteroatoms. The van der Waals surface area contributed by atoms with Crippen LogP contribution in [-0.2, 0) is 0 Å². The zero-order valence-electron chi connectivity index (χ0n) is 4.67. The van der Waals surface area contributed by atoms with E-state index in [2.05, 4.69) is 30.4 Å². The van der Waals surface area contributed by atoms with Gasteiger partial charge in [-0.1, -0.05) is 30.4 Å². The minimum Gasteiger partial charge on any atom is -0.0836 e. The van der Waals surface area contributed by atoms with Gasteiger partial charge >= 0.3 is 0 Å². The van der Waals surface area contributed by atoms with E-state index < -0.39 is 0 Å². The summed E-state index contributed by atoms with van der Waals surface area (Å²) in [5.74, 6) is 0.810. The highest BCUT2D eigenvalue weighted by Gasteiger charge is 2.20.